The average Bonchev–Trinajstić information content (AvgIpc) is 2.28. The lowest BCUT2D eigenvalue weighted by molar-refractivity contribution is 0.135. The van der Waals surface area contributed by atoms with Crippen LogP contribution in [0.15, 0.2) is 0 Å². The molecule has 1 fully saturated rings. The van der Waals surface area contributed by atoms with Gasteiger partial charge in [-0.3, -0.25) is 0 Å². The first kappa shape index (κ1) is 12.8. The Labute approximate surface area is 97.8 Å². The Hall–Kier alpha value is -1.24. The van der Waals surface area contributed by atoms with Gasteiger partial charge in [-0.05, 0) is 25.2 Å². The van der Waals surface area contributed by atoms with Crippen molar-refractivity contribution in [3.05, 3.63) is 0 Å². The van der Waals surface area contributed by atoms with Crippen LogP contribution in [-0.2, 0) is 0 Å². The second-order valence-corrected chi connectivity index (χ2v) is 4.56. The molecule has 0 aromatic carbocycles. The van der Waals surface area contributed by atoms with Gasteiger partial charge in [0.25, 0.3) is 0 Å². The van der Waals surface area contributed by atoms with Crippen LogP contribution in [0.25, 0.3) is 0 Å². The van der Waals surface area contributed by atoms with Gasteiger partial charge in [-0.2, -0.15) is 5.26 Å². The number of carbonyl (C=O) groups excluding carboxylic acids is 1. The molecule has 0 aromatic heterocycles. The Morgan fingerprint density at radius 3 is 2.94 bits per heavy atom. The molecule has 1 aliphatic heterocycles. The first-order valence-corrected chi connectivity index (χ1v) is 6.09. The Kier molecular flexibility index (Phi) is 5.10. The number of piperidine rings is 1. The van der Waals surface area contributed by atoms with Gasteiger partial charge in [-0.1, -0.05) is 13.8 Å². The molecule has 90 valence electrons. The molecule has 1 atom stereocenters. The number of carbonyl (C=O) groups is 1. The van der Waals surface area contributed by atoms with Gasteiger partial charge in [0.05, 0.1) is 6.07 Å². The summed E-state index contributed by atoms with van der Waals surface area (Å²) in [5.41, 5.74) is 0. The largest absolute Gasteiger partial charge is 0.324 e. The normalized spacial score (nSPS) is 20.3. The van der Waals surface area contributed by atoms with Crippen molar-refractivity contribution in [2.75, 3.05) is 26.2 Å². The van der Waals surface area contributed by atoms with E-state index in [0.717, 1.165) is 25.9 Å². The lowest BCUT2D eigenvalue weighted by Gasteiger charge is -2.34. The summed E-state index contributed by atoms with van der Waals surface area (Å²) in [5.74, 6) is 0.586. The van der Waals surface area contributed by atoms with Crippen molar-refractivity contribution in [1.29, 1.82) is 5.26 Å². The zero-order chi connectivity index (χ0) is 12.0. The van der Waals surface area contributed by atoms with Crippen molar-refractivity contribution in [1.82, 2.24) is 9.80 Å². The Morgan fingerprint density at radius 2 is 2.38 bits per heavy atom. The highest BCUT2D eigenvalue weighted by Gasteiger charge is 2.24. The summed E-state index contributed by atoms with van der Waals surface area (Å²) in [6.07, 6.45) is 3.19. The van der Waals surface area contributed by atoms with Gasteiger partial charge in [-0.25, -0.2) is 4.79 Å². The van der Waals surface area contributed by atoms with Crippen LogP contribution in [0, 0.1) is 17.2 Å². The third kappa shape index (κ3) is 3.41. The molecular weight excluding hydrogens is 202 g/mol. The van der Waals surface area contributed by atoms with Crippen LogP contribution >= 0.6 is 0 Å². The SMILES string of the molecule is CCCN(CC#N)C(=O)N1CCCC(C)C1. The average molecular weight is 223 g/mol. The van der Waals surface area contributed by atoms with Gasteiger partial charge in [0, 0.05) is 19.6 Å². The van der Waals surface area contributed by atoms with Gasteiger partial charge in [0.15, 0.2) is 0 Å². The van der Waals surface area contributed by atoms with E-state index in [1.54, 1.807) is 4.90 Å². The maximum absolute atomic E-state index is 12.1. The fourth-order valence-corrected chi connectivity index (χ4v) is 2.16. The molecule has 1 saturated heterocycles. The van der Waals surface area contributed by atoms with Crippen molar-refractivity contribution >= 4 is 6.03 Å². The van der Waals surface area contributed by atoms with Gasteiger partial charge >= 0.3 is 6.03 Å². The first-order chi connectivity index (χ1) is 7.69. The highest BCUT2D eigenvalue weighted by molar-refractivity contribution is 5.74. The fraction of sp³-hybridized carbons (Fsp3) is 0.833. The van der Waals surface area contributed by atoms with Crippen LogP contribution < -0.4 is 0 Å². The lowest BCUT2D eigenvalue weighted by Crippen LogP contribution is -2.47. The highest BCUT2D eigenvalue weighted by Crippen LogP contribution is 2.16. The van der Waals surface area contributed by atoms with Crippen molar-refractivity contribution in [2.45, 2.75) is 33.1 Å². The van der Waals surface area contributed by atoms with Crippen molar-refractivity contribution < 1.29 is 4.79 Å². The van der Waals surface area contributed by atoms with E-state index < -0.39 is 0 Å². The third-order valence-electron chi connectivity index (χ3n) is 2.95. The molecular formula is C12H21N3O. The predicted octanol–water partition coefficient (Wildman–Crippen LogP) is 2.07. The van der Waals surface area contributed by atoms with Crippen LogP contribution in [0.4, 0.5) is 4.79 Å². The van der Waals surface area contributed by atoms with Crippen molar-refractivity contribution in [3.63, 3.8) is 0 Å². The maximum Gasteiger partial charge on any atom is 0.320 e. The first-order valence-electron chi connectivity index (χ1n) is 6.09. The Morgan fingerprint density at radius 1 is 1.62 bits per heavy atom. The van der Waals surface area contributed by atoms with E-state index in [0.29, 0.717) is 12.5 Å². The summed E-state index contributed by atoms with van der Waals surface area (Å²) in [7, 11) is 0. The third-order valence-corrected chi connectivity index (χ3v) is 2.95. The zero-order valence-electron chi connectivity index (χ0n) is 10.3. The molecule has 2 amide bonds. The minimum absolute atomic E-state index is 0.0370. The van der Waals surface area contributed by atoms with E-state index in [9.17, 15) is 4.79 Å². The second kappa shape index (κ2) is 6.37. The lowest BCUT2D eigenvalue weighted by atomic mass is 10.0. The maximum atomic E-state index is 12.1. The molecule has 0 radical (unpaired) electrons. The van der Waals surface area contributed by atoms with Gasteiger partial charge in [0.2, 0.25) is 0 Å². The molecule has 1 heterocycles. The minimum Gasteiger partial charge on any atom is -0.324 e. The molecule has 1 unspecified atom stereocenters. The second-order valence-electron chi connectivity index (χ2n) is 4.56. The van der Waals surface area contributed by atoms with E-state index in [4.69, 9.17) is 5.26 Å². The number of nitrogens with zero attached hydrogens (tertiary/aromatic N) is 3. The zero-order valence-corrected chi connectivity index (χ0v) is 10.3. The van der Waals surface area contributed by atoms with Crippen LogP contribution in [0.5, 0.6) is 0 Å². The number of nitriles is 1. The predicted molar refractivity (Wildman–Crippen MR) is 62.8 cm³/mol. The molecule has 0 aliphatic carbocycles. The van der Waals surface area contributed by atoms with Crippen molar-refractivity contribution in [3.8, 4) is 6.07 Å². The van der Waals surface area contributed by atoms with Crippen LogP contribution in [0.2, 0.25) is 0 Å². The number of rotatable bonds is 3. The summed E-state index contributed by atoms with van der Waals surface area (Å²) in [5, 5.41) is 8.70. The number of hydrogen-bond donors (Lipinski definition) is 0. The van der Waals surface area contributed by atoms with E-state index in [1.165, 1.54) is 6.42 Å². The van der Waals surface area contributed by atoms with Gasteiger partial charge in [0.1, 0.15) is 6.54 Å². The van der Waals surface area contributed by atoms with E-state index in [-0.39, 0.29) is 12.6 Å². The summed E-state index contributed by atoms with van der Waals surface area (Å²) < 4.78 is 0. The molecule has 4 heteroatoms. The smallest absolute Gasteiger partial charge is 0.320 e. The molecule has 0 spiro atoms. The standard InChI is InChI=1S/C12H21N3O/c1-3-7-14(9-6-13)12(16)15-8-4-5-11(2)10-15/h11H,3-5,7-10H2,1-2H3. The summed E-state index contributed by atoms with van der Waals surface area (Å²) in [6.45, 7) is 6.76. The van der Waals surface area contributed by atoms with E-state index in [2.05, 4.69) is 13.0 Å². The molecule has 4 nitrogen and oxygen atoms in total. The monoisotopic (exact) mass is 223 g/mol. The van der Waals surface area contributed by atoms with Crippen molar-refractivity contribution in [2.24, 2.45) is 5.92 Å². The molecule has 0 N–H and O–H groups in total. The van der Waals surface area contributed by atoms with E-state index >= 15 is 0 Å². The minimum atomic E-state index is 0.0370. The number of amides is 2. The van der Waals surface area contributed by atoms with Crippen LogP contribution in [0.3, 0.4) is 0 Å². The number of urea groups is 1. The summed E-state index contributed by atoms with van der Waals surface area (Å²) in [4.78, 5) is 15.7. The van der Waals surface area contributed by atoms with Crippen LogP contribution in [0.1, 0.15) is 33.1 Å². The summed E-state index contributed by atoms with van der Waals surface area (Å²) in [6, 6.07) is 2.10. The molecule has 1 rings (SSSR count). The molecule has 0 aromatic rings. The van der Waals surface area contributed by atoms with Gasteiger partial charge in [-0.15, -0.1) is 0 Å². The summed E-state index contributed by atoms with van der Waals surface area (Å²) >= 11 is 0. The molecule has 16 heavy (non-hydrogen) atoms. The fourth-order valence-electron chi connectivity index (χ4n) is 2.16. The number of likely N-dealkylation sites (tertiary alicyclic amines) is 1. The Bertz CT molecular complexity index is 272. The van der Waals surface area contributed by atoms with E-state index in [1.807, 2.05) is 11.8 Å². The Balaban J connectivity index is 2.55. The topological polar surface area (TPSA) is 47.3 Å². The molecule has 0 bridgehead atoms. The molecule has 0 saturated carbocycles. The van der Waals surface area contributed by atoms with Crippen LogP contribution in [-0.4, -0.2) is 42.0 Å². The van der Waals surface area contributed by atoms with Gasteiger partial charge < -0.3 is 9.80 Å². The highest BCUT2D eigenvalue weighted by atomic mass is 16.2. The quantitative estimate of drug-likeness (QED) is 0.688. The number of hydrogen-bond acceptors (Lipinski definition) is 2. The molecule has 1 aliphatic rings.